The van der Waals surface area contributed by atoms with E-state index < -0.39 is 5.97 Å². The van der Waals surface area contributed by atoms with Crippen LogP contribution in [0.3, 0.4) is 0 Å². The fraction of sp³-hybridized carbons (Fsp3) is 0.500. The van der Waals surface area contributed by atoms with E-state index in [1.54, 1.807) is 0 Å². The summed E-state index contributed by atoms with van der Waals surface area (Å²) in [6.07, 6.45) is 0.166. The molecule has 0 spiro atoms. The fourth-order valence-electron chi connectivity index (χ4n) is 1.98. The van der Waals surface area contributed by atoms with Crippen molar-refractivity contribution in [2.45, 2.75) is 6.42 Å². The van der Waals surface area contributed by atoms with Crippen LogP contribution in [0.4, 0.5) is 0 Å². The number of hydrogen-bond donors (Lipinski definition) is 1. The first-order valence-electron chi connectivity index (χ1n) is 5.94. The van der Waals surface area contributed by atoms with Gasteiger partial charge in [0.1, 0.15) is 0 Å². The zero-order chi connectivity index (χ0) is 13.0. The van der Waals surface area contributed by atoms with Crippen LogP contribution in [0, 0.1) is 0 Å². The van der Waals surface area contributed by atoms with E-state index in [9.17, 15) is 9.59 Å². The molecular weight excluding hydrogens is 288 g/mol. The van der Waals surface area contributed by atoms with Crippen LogP contribution in [0.5, 0.6) is 0 Å². The second-order valence-corrected chi connectivity index (χ2v) is 5.20. The van der Waals surface area contributed by atoms with Crippen molar-refractivity contribution in [3.05, 3.63) is 22.4 Å². The molecule has 1 N–H and O–H groups in total. The maximum atomic E-state index is 12.1. The topological polar surface area (TPSA) is 60.9 Å². The lowest BCUT2D eigenvalue weighted by Gasteiger charge is -2.34. The first kappa shape index (κ1) is 15.9. The van der Waals surface area contributed by atoms with Crippen molar-refractivity contribution in [1.82, 2.24) is 9.80 Å². The summed E-state index contributed by atoms with van der Waals surface area (Å²) in [6, 6.07) is 3.71. The predicted octanol–water partition coefficient (Wildman–Crippen LogP) is 1.40. The number of halogens is 1. The molecule has 1 aliphatic rings. The molecule has 1 aromatic heterocycles. The van der Waals surface area contributed by atoms with Crippen molar-refractivity contribution < 1.29 is 14.7 Å². The molecule has 1 aromatic rings. The summed E-state index contributed by atoms with van der Waals surface area (Å²) in [5.41, 5.74) is 0. The highest BCUT2D eigenvalue weighted by Crippen LogP contribution is 2.13. The van der Waals surface area contributed by atoms with Crippen molar-refractivity contribution >= 4 is 35.6 Å². The van der Waals surface area contributed by atoms with Crippen LogP contribution in [-0.4, -0.2) is 59.5 Å². The van der Waals surface area contributed by atoms with E-state index in [-0.39, 0.29) is 24.7 Å². The molecule has 2 heterocycles. The van der Waals surface area contributed by atoms with Crippen LogP contribution in [-0.2, 0) is 4.79 Å². The number of rotatable bonds is 4. The van der Waals surface area contributed by atoms with Gasteiger partial charge in [-0.1, -0.05) is 6.07 Å². The Kier molecular flexibility index (Phi) is 6.27. The van der Waals surface area contributed by atoms with Gasteiger partial charge < -0.3 is 10.0 Å². The first-order valence-corrected chi connectivity index (χ1v) is 6.81. The van der Waals surface area contributed by atoms with Gasteiger partial charge in [0.05, 0.1) is 11.3 Å². The molecule has 5 nitrogen and oxygen atoms in total. The average Bonchev–Trinajstić information content (AvgIpc) is 2.90. The number of thiophene rings is 1. The van der Waals surface area contributed by atoms with Gasteiger partial charge in [0.15, 0.2) is 0 Å². The molecule has 0 aliphatic carbocycles. The Morgan fingerprint density at radius 1 is 1.26 bits per heavy atom. The van der Waals surface area contributed by atoms with Crippen molar-refractivity contribution in [2.24, 2.45) is 0 Å². The monoisotopic (exact) mass is 304 g/mol. The van der Waals surface area contributed by atoms with Crippen LogP contribution in [0.15, 0.2) is 17.5 Å². The Balaban J connectivity index is 0.00000180. The molecule has 0 radical (unpaired) electrons. The lowest BCUT2D eigenvalue weighted by molar-refractivity contribution is -0.137. The highest BCUT2D eigenvalue weighted by atomic mass is 35.5. The van der Waals surface area contributed by atoms with Crippen molar-refractivity contribution in [1.29, 1.82) is 0 Å². The van der Waals surface area contributed by atoms with Gasteiger partial charge in [-0.15, -0.1) is 23.7 Å². The van der Waals surface area contributed by atoms with Gasteiger partial charge in [-0.2, -0.15) is 0 Å². The highest BCUT2D eigenvalue weighted by Gasteiger charge is 2.22. The van der Waals surface area contributed by atoms with E-state index in [0.717, 1.165) is 18.0 Å². The molecule has 1 saturated heterocycles. The molecule has 0 bridgehead atoms. The molecule has 2 rings (SSSR count). The third-order valence-corrected chi connectivity index (χ3v) is 3.89. The van der Waals surface area contributed by atoms with Gasteiger partial charge in [-0.25, -0.2) is 0 Å². The van der Waals surface area contributed by atoms with E-state index in [1.807, 2.05) is 22.4 Å². The van der Waals surface area contributed by atoms with Crippen LogP contribution in [0.1, 0.15) is 16.1 Å². The maximum Gasteiger partial charge on any atom is 0.304 e. The summed E-state index contributed by atoms with van der Waals surface area (Å²) in [5, 5.41) is 10.5. The average molecular weight is 305 g/mol. The summed E-state index contributed by atoms with van der Waals surface area (Å²) in [6.45, 7) is 3.43. The second-order valence-electron chi connectivity index (χ2n) is 4.25. The summed E-state index contributed by atoms with van der Waals surface area (Å²) in [7, 11) is 0. The Labute approximate surface area is 122 Å². The van der Waals surface area contributed by atoms with Crippen LogP contribution >= 0.6 is 23.7 Å². The van der Waals surface area contributed by atoms with Gasteiger partial charge >= 0.3 is 5.97 Å². The minimum atomic E-state index is -0.771. The summed E-state index contributed by atoms with van der Waals surface area (Å²) in [5.74, 6) is -0.685. The zero-order valence-corrected chi connectivity index (χ0v) is 12.1. The number of amides is 1. The Morgan fingerprint density at radius 2 is 1.95 bits per heavy atom. The number of nitrogens with zero attached hydrogens (tertiary/aromatic N) is 2. The van der Waals surface area contributed by atoms with E-state index >= 15 is 0 Å². The van der Waals surface area contributed by atoms with E-state index in [2.05, 4.69) is 4.90 Å². The maximum absolute atomic E-state index is 12.1. The standard InChI is InChI=1S/C12H16N2O3S.ClH/c15-11(16)3-4-13-5-7-14(8-6-13)12(17)10-2-1-9-18-10;/h1-2,9H,3-8H2,(H,15,16);1H. The molecule has 1 aliphatic heterocycles. The van der Waals surface area contributed by atoms with Crippen molar-refractivity contribution in [3.8, 4) is 0 Å². The smallest absolute Gasteiger partial charge is 0.304 e. The van der Waals surface area contributed by atoms with Crippen LogP contribution < -0.4 is 0 Å². The summed E-state index contributed by atoms with van der Waals surface area (Å²) >= 11 is 1.46. The highest BCUT2D eigenvalue weighted by molar-refractivity contribution is 7.12. The molecule has 106 valence electrons. The van der Waals surface area contributed by atoms with Crippen molar-refractivity contribution in [2.75, 3.05) is 32.7 Å². The minimum absolute atomic E-state index is 0. The second kappa shape index (κ2) is 7.47. The third kappa shape index (κ3) is 4.49. The molecule has 19 heavy (non-hydrogen) atoms. The number of aliphatic carboxylic acids is 1. The molecule has 0 saturated carbocycles. The largest absolute Gasteiger partial charge is 0.481 e. The quantitative estimate of drug-likeness (QED) is 0.913. The number of carbonyl (C=O) groups excluding carboxylic acids is 1. The fourth-order valence-corrected chi connectivity index (χ4v) is 2.68. The number of piperazine rings is 1. The Hall–Kier alpha value is -1.11. The molecule has 0 atom stereocenters. The Morgan fingerprint density at radius 3 is 2.47 bits per heavy atom. The lowest BCUT2D eigenvalue weighted by atomic mass is 10.2. The minimum Gasteiger partial charge on any atom is -0.481 e. The summed E-state index contributed by atoms with van der Waals surface area (Å²) in [4.78, 5) is 27.2. The Bertz CT molecular complexity index is 417. The van der Waals surface area contributed by atoms with Crippen molar-refractivity contribution in [3.63, 3.8) is 0 Å². The molecule has 1 fully saturated rings. The van der Waals surface area contributed by atoms with E-state index in [1.165, 1.54) is 11.3 Å². The van der Waals surface area contributed by atoms with Gasteiger partial charge in [-0.3, -0.25) is 14.5 Å². The van der Waals surface area contributed by atoms with Crippen LogP contribution in [0.2, 0.25) is 0 Å². The van der Waals surface area contributed by atoms with Gasteiger partial charge in [0.2, 0.25) is 0 Å². The molecule has 0 aromatic carbocycles. The number of carboxylic acid groups (broad SMARTS) is 1. The third-order valence-electron chi connectivity index (χ3n) is 3.03. The molecule has 7 heteroatoms. The first-order chi connectivity index (χ1) is 8.66. The number of hydrogen-bond acceptors (Lipinski definition) is 4. The SMILES string of the molecule is Cl.O=C(O)CCN1CCN(C(=O)c2cccs2)CC1. The zero-order valence-electron chi connectivity index (χ0n) is 10.4. The van der Waals surface area contributed by atoms with E-state index in [4.69, 9.17) is 5.11 Å². The lowest BCUT2D eigenvalue weighted by Crippen LogP contribution is -2.48. The van der Waals surface area contributed by atoms with Crippen LogP contribution in [0.25, 0.3) is 0 Å². The molecule has 1 amide bonds. The van der Waals surface area contributed by atoms with Gasteiger partial charge in [-0.05, 0) is 11.4 Å². The molecule has 0 unspecified atom stereocenters. The van der Waals surface area contributed by atoms with E-state index in [0.29, 0.717) is 19.6 Å². The summed E-state index contributed by atoms with van der Waals surface area (Å²) < 4.78 is 0. The van der Waals surface area contributed by atoms with Gasteiger partial charge in [0, 0.05) is 32.7 Å². The predicted molar refractivity (Wildman–Crippen MR) is 76.2 cm³/mol. The molecular formula is C12H17ClN2O3S. The number of carbonyl (C=O) groups is 2. The van der Waals surface area contributed by atoms with Gasteiger partial charge in [0.25, 0.3) is 5.91 Å². The number of carboxylic acids is 1. The normalized spacial score (nSPS) is 15.9.